The number of unbranched alkanes of at least 4 members (excludes halogenated alkanes) is 15. The van der Waals surface area contributed by atoms with Gasteiger partial charge in [0.15, 0.2) is 5.82 Å². The molecule has 0 aliphatic rings. The van der Waals surface area contributed by atoms with E-state index in [9.17, 15) is 0 Å². The van der Waals surface area contributed by atoms with Crippen molar-refractivity contribution < 1.29 is 4.74 Å². The smallest absolute Gasteiger partial charge is 0.159 e. The zero-order valence-corrected chi connectivity index (χ0v) is 25.9. The summed E-state index contributed by atoms with van der Waals surface area (Å²) in [6.45, 7) is 5.32. The molecule has 3 heteroatoms. The fourth-order valence-corrected chi connectivity index (χ4v) is 4.90. The third kappa shape index (κ3) is 17.3. The zero-order valence-electron chi connectivity index (χ0n) is 25.9. The molecule has 40 heavy (non-hydrogen) atoms. The van der Waals surface area contributed by atoms with Gasteiger partial charge >= 0.3 is 0 Å². The molecule has 1 aromatic carbocycles. The molecule has 0 saturated carbocycles. The number of ether oxygens (including phenoxy) is 1. The van der Waals surface area contributed by atoms with Gasteiger partial charge in [0, 0.05) is 18.0 Å². The van der Waals surface area contributed by atoms with E-state index in [1.807, 2.05) is 24.5 Å². The minimum Gasteiger partial charge on any atom is -0.494 e. The van der Waals surface area contributed by atoms with E-state index in [-0.39, 0.29) is 0 Å². The molecule has 0 N–H and O–H groups in total. The van der Waals surface area contributed by atoms with Gasteiger partial charge in [-0.15, -0.1) is 0 Å². The van der Waals surface area contributed by atoms with Gasteiger partial charge in [-0.3, -0.25) is 0 Å². The van der Waals surface area contributed by atoms with Gasteiger partial charge < -0.3 is 4.74 Å². The van der Waals surface area contributed by atoms with Crippen molar-refractivity contribution in [1.29, 1.82) is 0 Å². The molecule has 1 heterocycles. The second-order valence-electron chi connectivity index (χ2n) is 11.2. The van der Waals surface area contributed by atoms with Crippen LogP contribution in [0, 0.1) is 0 Å². The number of aromatic nitrogens is 2. The van der Waals surface area contributed by atoms with Crippen molar-refractivity contribution in [3.8, 4) is 17.1 Å². The summed E-state index contributed by atoms with van der Waals surface area (Å²) >= 11 is 0. The summed E-state index contributed by atoms with van der Waals surface area (Å²) in [6.07, 6.45) is 38.9. The number of hydrogen-bond donors (Lipinski definition) is 0. The fraction of sp³-hybridized carbons (Fsp3) is 0.622. The van der Waals surface area contributed by atoms with Crippen molar-refractivity contribution in [2.24, 2.45) is 0 Å². The van der Waals surface area contributed by atoms with Gasteiger partial charge in [-0.2, -0.15) is 0 Å². The van der Waals surface area contributed by atoms with E-state index in [1.54, 1.807) is 0 Å². The lowest BCUT2D eigenvalue weighted by atomic mass is 10.1. The molecule has 1 aromatic heterocycles. The average Bonchev–Trinajstić information content (AvgIpc) is 2.99. The first-order valence-corrected chi connectivity index (χ1v) is 16.7. The summed E-state index contributed by atoms with van der Waals surface area (Å²) in [6, 6.07) is 8.22. The summed E-state index contributed by atoms with van der Waals surface area (Å²) in [5.74, 6) is 1.72. The third-order valence-corrected chi connectivity index (χ3v) is 7.50. The van der Waals surface area contributed by atoms with Gasteiger partial charge in [-0.25, -0.2) is 9.97 Å². The zero-order chi connectivity index (χ0) is 28.4. The number of hydrogen-bond acceptors (Lipinski definition) is 3. The lowest BCUT2D eigenvalue weighted by Crippen LogP contribution is -1.97. The van der Waals surface area contributed by atoms with E-state index < -0.39 is 0 Å². The Morgan fingerprint density at radius 2 is 1.10 bits per heavy atom. The Bertz CT molecular complexity index is 885. The Morgan fingerprint density at radius 3 is 1.75 bits per heavy atom. The molecule has 0 aliphatic carbocycles. The lowest BCUT2D eigenvalue weighted by Gasteiger charge is -2.07. The SMILES string of the molecule is CCCCC/C=C/C/C=C/CCCCCCCCOc1ccc(-c2ncc(CCCCCCCCC)cn2)cc1. The van der Waals surface area contributed by atoms with Gasteiger partial charge in [0.1, 0.15) is 5.75 Å². The minimum absolute atomic E-state index is 0.790. The van der Waals surface area contributed by atoms with E-state index in [2.05, 4.69) is 60.3 Å². The Balaban J connectivity index is 1.47. The summed E-state index contributed by atoms with van der Waals surface area (Å²) in [5.41, 5.74) is 2.29. The topological polar surface area (TPSA) is 35.0 Å². The Morgan fingerprint density at radius 1 is 0.575 bits per heavy atom. The minimum atomic E-state index is 0.790. The van der Waals surface area contributed by atoms with E-state index in [1.165, 1.54) is 115 Å². The van der Waals surface area contributed by atoms with Crippen molar-refractivity contribution in [3.63, 3.8) is 0 Å². The predicted molar refractivity (Wildman–Crippen MR) is 174 cm³/mol. The molecule has 0 aliphatic heterocycles. The molecule has 0 radical (unpaired) electrons. The second kappa shape index (κ2) is 24.4. The highest BCUT2D eigenvalue weighted by Crippen LogP contribution is 2.20. The molecule has 0 atom stereocenters. The molecule has 0 spiro atoms. The number of aryl methyl sites for hydroxylation is 1. The summed E-state index contributed by atoms with van der Waals surface area (Å²) in [5, 5.41) is 0. The van der Waals surface area contributed by atoms with Gasteiger partial charge in [0.05, 0.1) is 6.61 Å². The molecule has 0 amide bonds. The maximum Gasteiger partial charge on any atom is 0.159 e. The van der Waals surface area contributed by atoms with Gasteiger partial charge in [0.2, 0.25) is 0 Å². The maximum atomic E-state index is 5.97. The van der Waals surface area contributed by atoms with Gasteiger partial charge in [-0.05, 0) is 81.2 Å². The quantitative estimate of drug-likeness (QED) is 0.0917. The third-order valence-electron chi connectivity index (χ3n) is 7.50. The molecule has 0 fully saturated rings. The summed E-state index contributed by atoms with van der Waals surface area (Å²) in [4.78, 5) is 9.22. The monoisotopic (exact) mass is 546 g/mol. The van der Waals surface area contributed by atoms with Crippen LogP contribution in [-0.4, -0.2) is 16.6 Å². The van der Waals surface area contributed by atoms with Crippen molar-refractivity contribution >= 4 is 0 Å². The number of benzene rings is 1. The summed E-state index contributed by atoms with van der Waals surface area (Å²) < 4.78 is 5.97. The normalized spacial score (nSPS) is 11.7. The molecule has 222 valence electrons. The molecule has 2 rings (SSSR count). The number of allylic oxidation sites excluding steroid dienone is 4. The maximum absolute atomic E-state index is 5.97. The second-order valence-corrected chi connectivity index (χ2v) is 11.2. The Kier molecular flexibility index (Phi) is 20.6. The summed E-state index contributed by atoms with van der Waals surface area (Å²) in [7, 11) is 0. The first-order valence-electron chi connectivity index (χ1n) is 16.7. The van der Waals surface area contributed by atoms with Crippen LogP contribution < -0.4 is 4.74 Å². The van der Waals surface area contributed by atoms with Crippen LogP contribution in [0.3, 0.4) is 0 Å². The Hall–Kier alpha value is -2.42. The standard InChI is InChI=1S/C37H58N2O/c1-3-5-7-9-11-12-13-14-15-16-17-18-19-21-23-25-31-40-36-29-27-35(28-30-36)37-38-32-34(33-39-37)26-24-22-20-10-8-6-4-2/h11-12,14-15,27-30,32-33H,3-10,13,16-26,31H2,1-2H3/b12-11+,15-14+. The van der Waals surface area contributed by atoms with Crippen LogP contribution in [0.15, 0.2) is 61.0 Å². The molecule has 3 nitrogen and oxygen atoms in total. The van der Waals surface area contributed by atoms with Crippen LogP contribution in [-0.2, 0) is 6.42 Å². The van der Waals surface area contributed by atoms with Crippen molar-refractivity contribution in [2.75, 3.05) is 6.61 Å². The van der Waals surface area contributed by atoms with E-state index in [4.69, 9.17) is 4.74 Å². The van der Waals surface area contributed by atoms with Crippen molar-refractivity contribution in [1.82, 2.24) is 9.97 Å². The van der Waals surface area contributed by atoms with Crippen LogP contribution in [0.4, 0.5) is 0 Å². The average molecular weight is 547 g/mol. The lowest BCUT2D eigenvalue weighted by molar-refractivity contribution is 0.304. The van der Waals surface area contributed by atoms with Crippen molar-refractivity contribution in [3.05, 3.63) is 66.5 Å². The molecular formula is C37H58N2O. The molecular weight excluding hydrogens is 488 g/mol. The highest BCUT2D eigenvalue weighted by atomic mass is 16.5. The van der Waals surface area contributed by atoms with Crippen molar-refractivity contribution in [2.45, 2.75) is 142 Å². The molecule has 0 bridgehead atoms. The van der Waals surface area contributed by atoms with Crippen LogP contribution in [0.1, 0.15) is 141 Å². The van der Waals surface area contributed by atoms with Crippen LogP contribution >= 0.6 is 0 Å². The van der Waals surface area contributed by atoms with E-state index >= 15 is 0 Å². The van der Waals surface area contributed by atoms with Crippen LogP contribution in [0.2, 0.25) is 0 Å². The highest BCUT2D eigenvalue weighted by Gasteiger charge is 2.03. The highest BCUT2D eigenvalue weighted by molar-refractivity contribution is 5.55. The first-order chi connectivity index (χ1) is 19.8. The van der Waals surface area contributed by atoms with Crippen LogP contribution in [0.5, 0.6) is 5.75 Å². The van der Waals surface area contributed by atoms with Gasteiger partial charge in [-0.1, -0.05) is 115 Å². The Labute approximate surface area is 247 Å². The van der Waals surface area contributed by atoms with E-state index in [0.717, 1.165) is 43.0 Å². The van der Waals surface area contributed by atoms with E-state index in [0.29, 0.717) is 0 Å². The fourth-order valence-electron chi connectivity index (χ4n) is 4.90. The van der Waals surface area contributed by atoms with Gasteiger partial charge in [0.25, 0.3) is 0 Å². The molecule has 0 saturated heterocycles. The van der Waals surface area contributed by atoms with Crippen LogP contribution in [0.25, 0.3) is 11.4 Å². The molecule has 0 unspecified atom stereocenters. The number of rotatable bonds is 25. The predicted octanol–water partition coefficient (Wildman–Crippen LogP) is 11.6. The first kappa shape index (κ1) is 33.8. The molecule has 2 aromatic rings. The largest absolute Gasteiger partial charge is 0.494 e. The number of nitrogens with zero attached hydrogens (tertiary/aromatic N) is 2.